The third kappa shape index (κ3) is 4.05. The van der Waals surface area contributed by atoms with E-state index in [-0.39, 0.29) is 17.9 Å². The number of nitrogens with zero attached hydrogens (tertiary/aromatic N) is 3. The Morgan fingerprint density at radius 1 is 1.29 bits per heavy atom. The van der Waals surface area contributed by atoms with E-state index in [0.717, 1.165) is 12.8 Å². The summed E-state index contributed by atoms with van der Waals surface area (Å²) >= 11 is 0. The normalized spacial score (nSPS) is 21.6. The van der Waals surface area contributed by atoms with Crippen molar-refractivity contribution >= 4 is 11.9 Å². The number of likely N-dealkylation sites (tertiary alicyclic amines) is 1. The summed E-state index contributed by atoms with van der Waals surface area (Å²) in [6.45, 7) is 5.77. The fourth-order valence-corrected chi connectivity index (χ4v) is 3.18. The van der Waals surface area contributed by atoms with Crippen LogP contribution < -0.4 is 5.32 Å². The molecule has 8 heteroatoms. The average Bonchev–Trinajstić information content (AvgIpc) is 3.05. The quantitative estimate of drug-likeness (QED) is 0.880. The molecule has 2 aliphatic rings. The smallest absolute Gasteiger partial charge is 0.317 e. The van der Waals surface area contributed by atoms with Crippen LogP contribution in [0.25, 0.3) is 0 Å². The van der Waals surface area contributed by atoms with E-state index >= 15 is 0 Å². The molecule has 0 bridgehead atoms. The van der Waals surface area contributed by atoms with Gasteiger partial charge in [-0.2, -0.15) is 0 Å². The number of nitrogens with one attached hydrogen (secondary N) is 1. The van der Waals surface area contributed by atoms with Crippen LogP contribution in [0.3, 0.4) is 0 Å². The third-order valence-electron chi connectivity index (χ3n) is 4.48. The lowest BCUT2D eigenvalue weighted by molar-refractivity contribution is -0.141. The van der Waals surface area contributed by atoms with Crippen molar-refractivity contribution in [3.05, 3.63) is 17.5 Å². The molecular formula is C16H24N4O4. The minimum Gasteiger partial charge on any atom is -0.378 e. The Morgan fingerprint density at radius 3 is 2.79 bits per heavy atom. The van der Waals surface area contributed by atoms with Gasteiger partial charge < -0.3 is 24.4 Å². The standard InChI is InChI=1S/C16H24N4O4/c1-12-9-14(18-24-12)10-17-16(22)20-4-2-3-13(11-20)15(21)19-5-7-23-8-6-19/h9,13H,2-8,10-11H2,1H3,(H,17,22). The van der Waals surface area contributed by atoms with Crippen molar-refractivity contribution in [3.8, 4) is 0 Å². The zero-order valence-electron chi connectivity index (χ0n) is 14.0. The maximum Gasteiger partial charge on any atom is 0.317 e. The van der Waals surface area contributed by atoms with Crippen molar-refractivity contribution in [3.63, 3.8) is 0 Å². The van der Waals surface area contributed by atoms with Crippen LogP contribution in [0.1, 0.15) is 24.3 Å². The Bertz CT molecular complexity index is 582. The second kappa shape index (κ2) is 7.65. The van der Waals surface area contributed by atoms with E-state index in [1.165, 1.54) is 0 Å². The van der Waals surface area contributed by atoms with Gasteiger partial charge in [0.2, 0.25) is 5.91 Å². The summed E-state index contributed by atoms with van der Waals surface area (Å²) < 4.78 is 10.3. The first-order valence-corrected chi connectivity index (χ1v) is 8.45. The van der Waals surface area contributed by atoms with E-state index in [0.29, 0.717) is 57.4 Å². The zero-order chi connectivity index (χ0) is 16.9. The Labute approximate surface area is 141 Å². The number of rotatable bonds is 3. The lowest BCUT2D eigenvalue weighted by atomic mass is 9.96. The van der Waals surface area contributed by atoms with E-state index in [4.69, 9.17) is 9.26 Å². The molecule has 0 spiro atoms. The molecule has 2 aliphatic heterocycles. The van der Waals surface area contributed by atoms with Crippen LogP contribution in [0.15, 0.2) is 10.6 Å². The van der Waals surface area contributed by atoms with Crippen LogP contribution >= 0.6 is 0 Å². The summed E-state index contributed by atoms with van der Waals surface area (Å²) in [7, 11) is 0. The van der Waals surface area contributed by atoms with Gasteiger partial charge in [-0.1, -0.05) is 5.16 Å². The minimum atomic E-state index is -0.157. The molecule has 1 aromatic rings. The maximum absolute atomic E-state index is 12.6. The third-order valence-corrected chi connectivity index (χ3v) is 4.48. The highest BCUT2D eigenvalue weighted by atomic mass is 16.5. The second-order valence-electron chi connectivity index (χ2n) is 6.31. The summed E-state index contributed by atoms with van der Waals surface area (Å²) in [5.41, 5.74) is 0.693. The van der Waals surface area contributed by atoms with Gasteiger partial charge in [0.15, 0.2) is 0 Å². The number of hydrogen-bond acceptors (Lipinski definition) is 5. The minimum absolute atomic E-state index is 0.114. The predicted molar refractivity (Wildman–Crippen MR) is 85.2 cm³/mol. The zero-order valence-corrected chi connectivity index (χ0v) is 14.0. The number of morpholine rings is 1. The van der Waals surface area contributed by atoms with Crippen molar-refractivity contribution in [2.75, 3.05) is 39.4 Å². The molecule has 3 rings (SSSR count). The number of carbonyl (C=O) groups is 2. The lowest BCUT2D eigenvalue weighted by Crippen LogP contribution is -2.51. The summed E-state index contributed by atoms with van der Waals surface area (Å²) in [6.07, 6.45) is 1.68. The largest absolute Gasteiger partial charge is 0.378 e. The number of aromatic nitrogens is 1. The number of ether oxygens (including phenoxy) is 1. The van der Waals surface area contributed by atoms with Crippen molar-refractivity contribution in [2.45, 2.75) is 26.3 Å². The molecule has 1 N–H and O–H groups in total. The van der Waals surface area contributed by atoms with Crippen molar-refractivity contribution < 1.29 is 18.8 Å². The molecule has 3 heterocycles. The second-order valence-corrected chi connectivity index (χ2v) is 6.31. The van der Waals surface area contributed by atoms with Crippen LogP contribution in [0.5, 0.6) is 0 Å². The summed E-state index contributed by atoms with van der Waals surface area (Å²) in [4.78, 5) is 28.5. The Kier molecular flexibility index (Phi) is 5.34. The average molecular weight is 336 g/mol. The van der Waals surface area contributed by atoms with Crippen LogP contribution in [0, 0.1) is 12.8 Å². The van der Waals surface area contributed by atoms with Crippen LogP contribution in [-0.2, 0) is 16.1 Å². The van der Waals surface area contributed by atoms with Crippen molar-refractivity contribution in [2.24, 2.45) is 5.92 Å². The van der Waals surface area contributed by atoms with E-state index in [2.05, 4.69) is 10.5 Å². The molecule has 0 saturated carbocycles. The highest BCUT2D eigenvalue weighted by Gasteiger charge is 2.31. The molecule has 1 unspecified atom stereocenters. The first-order valence-electron chi connectivity index (χ1n) is 8.45. The molecule has 0 aliphatic carbocycles. The number of carbonyl (C=O) groups excluding carboxylic acids is 2. The molecular weight excluding hydrogens is 312 g/mol. The summed E-state index contributed by atoms with van der Waals surface area (Å²) in [6, 6.07) is 1.64. The molecule has 1 aromatic heterocycles. The van der Waals surface area contributed by atoms with Gasteiger partial charge in [-0.15, -0.1) is 0 Å². The number of aryl methyl sites for hydroxylation is 1. The van der Waals surface area contributed by atoms with Gasteiger partial charge in [-0.3, -0.25) is 4.79 Å². The molecule has 0 radical (unpaired) electrons. The number of piperidine rings is 1. The Balaban J connectivity index is 1.50. The number of hydrogen-bond donors (Lipinski definition) is 1. The molecule has 0 aromatic carbocycles. The molecule has 8 nitrogen and oxygen atoms in total. The molecule has 1 atom stereocenters. The molecule has 24 heavy (non-hydrogen) atoms. The number of urea groups is 1. The highest BCUT2D eigenvalue weighted by molar-refractivity contribution is 5.81. The van der Waals surface area contributed by atoms with Crippen LogP contribution in [-0.4, -0.2) is 66.3 Å². The SMILES string of the molecule is Cc1cc(CNC(=O)N2CCCC(C(=O)N3CCOCC3)C2)no1. The summed E-state index contributed by atoms with van der Waals surface area (Å²) in [5.74, 6) is 0.744. The van der Waals surface area contributed by atoms with Gasteiger partial charge in [-0.05, 0) is 19.8 Å². The number of amides is 3. The van der Waals surface area contributed by atoms with Gasteiger partial charge in [0, 0.05) is 32.2 Å². The first-order chi connectivity index (χ1) is 11.6. The van der Waals surface area contributed by atoms with E-state index in [1.54, 1.807) is 11.0 Å². The fourth-order valence-electron chi connectivity index (χ4n) is 3.18. The Morgan fingerprint density at radius 2 is 2.08 bits per heavy atom. The monoisotopic (exact) mass is 336 g/mol. The van der Waals surface area contributed by atoms with Crippen LogP contribution in [0.2, 0.25) is 0 Å². The van der Waals surface area contributed by atoms with Gasteiger partial charge in [0.05, 0.1) is 25.7 Å². The van der Waals surface area contributed by atoms with E-state index in [1.807, 2.05) is 11.8 Å². The van der Waals surface area contributed by atoms with Gasteiger partial charge >= 0.3 is 6.03 Å². The van der Waals surface area contributed by atoms with Crippen molar-refractivity contribution in [1.29, 1.82) is 0 Å². The molecule has 3 amide bonds. The van der Waals surface area contributed by atoms with Crippen molar-refractivity contribution in [1.82, 2.24) is 20.3 Å². The Hall–Kier alpha value is -2.09. The van der Waals surface area contributed by atoms with Gasteiger partial charge in [0.1, 0.15) is 11.5 Å². The molecule has 132 valence electrons. The van der Waals surface area contributed by atoms with Gasteiger partial charge in [0.25, 0.3) is 0 Å². The van der Waals surface area contributed by atoms with Gasteiger partial charge in [-0.25, -0.2) is 4.79 Å². The molecule has 2 fully saturated rings. The first kappa shape index (κ1) is 16.8. The van der Waals surface area contributed by atoms with E-state index < -0.39 is 0 Å². The predicted octanol–water partition coefficient (Wildman–Crippen LogP) is 0.763. The maximum atomic E-state index is 12.6. The lowest BCUT2D eigenvalue weighted by Gasteiger charge is -2.36. The highest BCUT2D eigenvalue weighted by Crippen LogP contribution is 2.19. The van der Waals surface area contributed by atoms with Crippen LogP contribution in [0.4, 0.5) is 4.79 Å². The van der Waals surface area contributed by atoms with E-state index in [9.17, 15) is 9.59 Å². The fraction of sp³-hybridized carbons (Fsp3) is 0.688. The topological polar surface area (TPSA) is 87.9 Å². The summed E-state index contributed by atoms with van der Waals surface area (Å²) in [5, 5.41) is 6.70. The molecule has 2 saturated heterocycles.